The second-order valence-electron chi connectivity index (χ2n) is 6.83. The molecule has 0 spiro atoms. The zero-order valence-corrected chi connectivity index (χ0v) is 14.3. The topological polar surface area (TPSA) is 52.6 Å². The van der Waals surface area contributed by atoms with Crippen LogP contribution in [-0.2, 0) is 19.1 Å². The van der Waals surface area contributed by atoms with Crippen LogP contribution in [0.2, 0.25) is 0 Å². The van der Waals surface area contributed by atoms with E-state index in [-0.39, 0.29) is 6.61 Å². The number of carbonyl (C=O) groups excluding carboxylic acids is 2. The van der Waals surface area contributed by atoms with E-state index in [0.717, 1.165) is 20.8 Å². The standard InChI is InChI=1S/C15H24F4O4/c1-7-13(5,6)23-9-8-22-11(21)15(18,19)14(16,17)10(20)12(2,3)4/h7-9H2,1-6H3. The van der Waals surface area contributed by atoms with Gasteiger partial charge in [0.1, 0.15) is 6.61 Å². The van der Waals surface area contributed by atoms with Crippen LogP contribution in [-0.4, -0.2) is 42.4 Å². The summed E-state index contributed by atoms with van der Waals surface area (Å²) in [6, 6.07) is 0. The van der Waals surface area contributed by atoms with Crippen LogP contribution >= 0.6 is 0 Å². The molecule has 0 saturated heterocycles. The van der Waals surface area contributed by atoms with E-state index in [0.29, 0.717) is 6.42 Å². The van der Waals surface area contributed by atoms with Crippen molar-refractivity contribution in [2.24, 2.45) is 5.41 Å². The van der Waals surface area contributed by atoms with E-state index in [1.165, 1.54) is 0 Å². The zero-order chi connectivity index (χ0) is 18.7. The molecule has 0 aromatic rings. The van der Waals surface area contributed by atoms with Gasteiger partial charge in [-0.1, -0.05) is 27.7 Å². The van der Waals surface area contributed by atoms with Crippen LogP contribution in [0, 0.1) is 5.41 Å². The minimum atomic E-state index is -5.24. The number of esters is 1. The highest BCUT2D eigenvalue weighted by Gasteiger charge is 2.69. The lowest BCUT2D eigenvalue weighted by Crippen LogP contribution is -2.56. The molecule has 136 valence electrons. The largest absolute Gasteiger partial charge is 0.459 e. The Balaban J connectivity index is 4.82. The fourth-order valence-electron chi connectivity index (χ4n) is 1.39. The first-order valence-electron chi connectivity index (χ1n) is 7.21. The number of ketones is 1. The molecule has 0 amide bonds. The number of ether oxygens (including phenoxy) is 2. The minimum Gasteiger partial charge on any atom is -0.459 e. The van der Waals surface area contributed by atoms with Crippen LogP contribution in [0.3, 0.4) is 0 Å². The number of hydrogen-bond acceptors (Lipinski definition) is 4. The van der Waals surface area contributed by atoms with Gasteiger partial charge in [0.2, 0.25) is 5.78 Å². The van der Waals surface area contributed by atoms with Crippen molar-refractivity contribution in [1.29, 1.82) is 0 Å². The summed E-state index contributed by atoms with van der Waals surface area (Å²) in [5, 5.41) is 0. The summed E-state index contributed by atoms with van der Waals surface area (Å²) in [7, 11) is 0. The highest BCUT2D eigenvalue weighted by molar-refractivity contribution is 5.96. The first-order valence-corrected chi connectivity index (χ1v) is 7.21. The SMILES string of the molecule is CCC(C)(C)OCCOC(=O)C(F)(F)C(F)(F)C(=O)C(C)(C)C. The number of hydrogen-bond donors (Lipinski definition) is 0. The fraction of sp³-hybridized carbons (Fsp3) is 0.867. The van der Waals surface area contributed by atoms with Gasteiger partial charge in [-0.25, -0.2) is 4.79 Å². The molecule has 0 unspecified atom stereocenters. The van der Waals surface area contributed by atoms with E-state index in [4.69, 9.17) is 4.74 Å². The van der Waals surface area contributed by atoms with E-state index in [2.05, 4.69) is 4.74 Å². The van der Waals surface area contributed by atoms with E-state index in [1.807, 2.05) is 6.92 Å². The van der Waals surface area contributed by atoms with Gasteiger partial charge in [-0.2, -0.15) is 17.6 Å². The third-order valence-corrected chi connectivity index (χ3v) is 3.28. The van der Waals surface area contributed by atoms with Gasteiger partial charge in [-0.15, -0.1) is 0 Å². The lowest BCUT2D eigenvalue weighted by Gasteiger charge is -2.29. The Hall–Kier alpha value is -1.18. The van der Waals surface area contributed by atoms with Gasteiger partial charge in [0.05, 0.1) is 12.2 Å². The maximum absolute atomic E-state index is 13.7. The first kappa shape index (κ1) is 21.8. The summed E-state index contributed by atoms with van der Waals surface area (Å²) in [6.07, 6.45) is 0.620. The van der Waals surface area contributed by atoms with Gasteiger partial charge in [0.25, 0.3) is 0 Å². The molecule has 0 aliphatic carbocycles. The molecule has 0 aliphatic rings. The average molecular weight is 344 g/mol. The molecule has 0 rings (SSSR count). The molecule has 0 bridgehead atoms. The number of rotatable bonds is 8. The molecule has 0 atom stereocenters. The summed E-state index contributed by atoms with van der Waals surface area (Å²) in [5.74, 6) is -14.9. The zero-order valence-electron chi connectivity index (χ0n) is 14.3. The van der Waals surface area contributed by atoms with Crippen molar-refractivity contribution < 1.29 is 36.6 Å². The van der Waals surface area contributed by atoms with Gasteiger partial charge in [-0.05, 0) is 20.3 Å². The van der Waals surface area contributed by atoms with E-state index in [1.54, 1.807) is 13.8 Å². The van der Waals surface area contributed by atoms with E-state index < -0.39 is 41.2 Å². The smallest absolute Gasteiger partial charge is 0.411 e. The van der Waals surface area contributed by atoms with Crippen molar-refractivity contribution in [1.82, 2.24) is 0 Å². The van der Waals surface area contributed by atoms with Gasteiger partial charge < -0.3 is 9.47 Å². The summed E-state index contributed by atoms with van der Waals surface area (Å²) in [6.45, 7) is 7.65. The molecule has 0 heterocycles. The Bertz CT molecular complexity index is 439. The Morgan fingerprint density at radius 1 is 0.870 bits per heavy atom. The summed E-state index contributed by atoms with van der Waals surface area (Å²) in [5.41, 5.74) is -2.29. The molecule has 8 heteroatoms. The van der Waals surface area contributed by atoms with Crippen molar-refractivity contribution in [3.8, 4) is 0 Å². The molecule has 0 saturated carbocycles. The van der Waals surface area contributed by atoms with Crippen molar-refractivity contribution in [2.75, 3.05) is 13.2 Å². The minimum absolute atomic E-state index is 0.221. The average Bonchev–Trinajstić information content (AvgIpc) is 2.41. The lowest BCUT2D eigenvalue weighted by molar-refractivity contribution is -0.229. The van der Waals surface area contributed by atoms with Crippen LogP contribution in [0.5, 0.6) is 0 Å². The third kappa shape index (κ3) is 5.44. The number of Topliss-reactive ketones (excluding diaryl/α,β-unsaturated/α-hetero) is 1. The summed E-state index contributed by atoms with van der Waals surface area (Å²) < 4.78 is 64.0. The highest BCUT2D eigenvalue weighted by Crippen LogP contribution is 2.40. The first-order chi connectivity index (χ1) is 10.1. The second kappa shape index (κ2) is 7.15. The highest BCUT2D eigenvalue weighted by atomic mass is 19.3. The lowest BCUT2D eigenvalue weighted by atomic mass is 9.85. The molecule has 4 nitrogen and oxygen atoms in total. The molecule has 0 aliphatic heterocycles. The van der Waals surface area contributed by atoms with Crippen molar-refractivity contribution in [3.05, 3.63) is 0 Å². The molecule has 0 N–H and O–H groups in total. The molecule has 0 aromatic heterocycles. The molecule has 0 radical (unpaired) electrons. The van der Waals surface area contributed by atoms with Gasteiger partial charge in [0, 0.05) is 5.41 Å². The maximum Gasteiger partial charge on any atom is 0.411 e. The third-order valence-electron chi connectivity index (χ3n) is 3.28. The van der Waals surface area contributed by atoms with Crippen molar-refractivity contribution in [3.63, 3.8) is 0 Å². The van der Waals surface area contributed by atoms with Gasteiger partial charge >= 0.3 is 17.8 Å². The van der Waals surface area contributed by atoms with Gasteiger partial charge in [-0.3, -0.25) is 4.79 Å². The maximum atomic E-state index is 13.7. The molecule has 0 fully saturated rings. The Kier molecular flexibility index (Phi) is 6.78. The van der Waals surface area contributed by atoms with Crippen molar-refractivity contribution >= 4 is 11.8 Å². The van der Waals surface area contributed by atoms with Gasteiger partial charge in [0.15, 0.2) is 0 Å². The Labute approximate surface area is 133 Å². The molecular weight excluding hydrogens is 320 g/mol. The summed E-state index contributed by atoms with van der Waals surface area (Å²) >= 11 is 0. The van der Waals surface area contributed by atoms with Crippen LogP contribution < -0.4 is 0 Å². The normalized spacial score (nSPS) is 13.8. The molecule has 0 aromatic carbocycles. The van der Waals surface area contributed by atoms with E-state index >= 15 is 0 Å². The van der Waals surface area contributed by atoms with Crippen LogP contribution in [0.25, 0.3) is 0 Å². The number of carbonyl (C=O) groups is 2. The van der Waals surface area contributed by atoms with Crippen LogP contribution in [0.4, 0.5) is 17.6 Å². The van der Waals surface area contributed by atoms with Crippen LogP contribution in [0.15, 0.2) is 0 Å². The number of halogens is 4. The predicted molar refractivity (Wildman–Crippen MR) is 75.6 cm³/mol. The fourth-order valence-corrected chi connectivity index (χ4v) is 1.39. The molecular formula is C15H24F4O4. The Morgan fingerprint density at radius 3 is 1.74 bits per heavy atom. The van der Waals surface area contributed by atoms with Crippen molar-refractivity contribution in [2.45, 2.75) is 65.4 Å². The quantitative estimate of drug-likeness (QED) is 0.383. The van der Waals surface area contributed by atoms with E-state index in [9.17, 15) is 27.2 Å². The molecule has 23 heavy (non-hydrogen) atoms. The predicted octanol–water partition coefficient (Wildman–Crippen LogP) is 3.62. The monoisotopic (exact) mass is 344 g/mol. The summed E-state index contributed by atoms with van der Waals surface area (Å²) in [4.78, 5) is 22.8. The Morgan fingerprint density at radius 2 is 1.35 bits per heavy atom. The number of alkyl halides is 4. The van der Waals surface area contributed by atoms with Crippen LogP contribution in [0.1, 0.15) is 48.0 Å². The second-order valence-corrected chi connectivity index (χ2v) is 6.83.